The van der Waals surface area contributed by atoms with Crippen molar-refractivity contribution in [3.05, 3.63) is 121 Å². The largest absolute Gasteiger partial charge is 0.302 e. The Hall–Kier alpha value is -4.44. The number of fused-ring (bicyclic) bond motifs is 5. The third kappa shape index (κ3) is 3.59. The summed E-state index contributed by atoms with van der Waals surface area (Å²) in [6, 6.07) is 40.4. The Morgan fingerprint density at radius 2 is 1.08 bits per heavy atom. The van der Waals surface area contributed by atoms with Crippen LogP contribution in [0.4, 0.5) is 23.0 Å². The van der Waals surface area contributed by atoms with Gasteiger partial charge in [-0.25, -0.2) is 9.97 Å². The predicted molar refractivity (Wildman–Crippen MR) is 156 cm³/mol. The maximum absolute atomic E-state index is 5.48. The van der Waals surface area contributed by atoms with Gasteiger partial charge in [0.2, 0.25) is 0 Å². The Morgan fingerprint density at radius 1 is 0.579 bits per heavy atom. The SMILES string of the molecule is CC1CC(C)C2N(c3ccccc3)c3nc(-c4ccccc4)c(-c4ccccc4)nc3N2c2ccccc21. The second kappa shape index (κ2) is 9.14. The highest BCUT2D eigenvalue weighted by Gasteiger charge is 2.46. The Labute approximate surface area is 224 Å². The number of rotatable bonds is 3. The molecular formula is C34H30N4. The number of para-hydroxylation sites is 2. The van der Waals surface area contributed by atoms with E-state index in [0.29, 0.717) is 11.8 Å². The average molecular weight is 495 g/mol. The summed E-state index contributed by atoms with van der Waals surface area (Å²) < 4.78 is 0. The van der Waals surface area contributed by atoms with Crippen LogP contribution in [0.15, 0.2) is 115 Å². The van der Waals surface area contributed by atoms with Crippen molar-refractivity contribution in [3.8, 4) is 22.5 Å². The highest BCUT2D eigenvalue weighted by molar-refractivity contribution is 5.90. The van der Waals surface area contributed by atoms with Crippen molar-refractivity contribution < 1.29 is 0 Å². The molecule has 0 saturated heterocycles. The zero-order chi connectivity index (χ0) is 25.6. The highest BCUT2D eigenvalue weighted by atomic mass is 15.5. The molecule has 0 saturated carbocycles. The van der Waals surface area contributed by atoms with E-state index in [2.05, 4.69) is 127 Å². The van der Waals surface area contributed by atoms with E-state index >= 15 is 0 Å². The van der Waals surface area contributed by atoms with Crippen LogP contribution >= 0.6 is 0 Å². The summed E-state index contributed by atoms with van der Waals surface area (Å²) in [7, 11) is 0. The van der Waals surface area contributed by atoms with Gasteiger partial charge in [0, 0.05) is 22.5 Å². The molecule has 0 bridgehead atoms. The van der Waals surface area contributed by atoms with E-state index in [1.165, 1.54) is 11.3 Å². The van der Waals surface area contributed by atoms with Crippen LogP contribution in [0.3, 0.4) is 0 Å². The van der Waals surface area contributed by atoms with E-state index in [9.17, 15) is 0 Å². The van der Waals surface area contributed by atoms with Crippen molar-refractivity contribution in [2.45, 2.75) is 32.4 Å². The summed E-state index contributed by atoms with van der Waals surface area (Å²) in [5.74, 6) is 2.67. The zero-order valence-electron chi connectivity index (χ0n) is 21.7. The molecule has 0 radical (unpaired) electrons. The minimum absolute atomic E-state index is 0.0770. The van der Waals surface area contributed by atoms with Gasteiger partial charge in [-0.1, -0.05) is 111 Å². The Morgan fingerprint density at radius 3 is 1.68 bits per heavy atom. The van der Waals surface area contributed by atoms with Crippen LogP contribution in [0, 0.1) is 5.92 Å². The van der Waals surface area contributed by atoms with Crippen molar-refractivity contribution in [2.75, 3.05) is 9.80 Å². The number of nitrogens with zero attached hydrogens (tertiary/aromatic N) is 4. The summed E-state index contributed by atoms with van der Waals surface area (Å²) >= 11 is 0. The molecule has 1 aromatic heterocycles. The van der Waals surface area contributed by atoms with Crippen molar-refractivity contribution in [1.82, 2.24) is 9.97 Å². The van der Waals surface area contributed by atoms with E-state index in [1.54, 1.807) is 0 Å². The van der Waals surface area contributed by atoms with Crippen LogP contribution in [-0.4, -0.2) is 16.1 Å². The van der Waals surface area contributed by atoms with Crippen molar-refractivity contribution in [1.29, 1.82) is 0 Å². The molecule has 5 aromatic rings. The number of hydrogen-bond acceptors (Lipinski definition) is 4. The molecule has 186 valence electrons. The molecule has 3 unspecified atom stereocenters. The first-order valence-corrected chi connectivity index (χ1v) is 13.5. The molecule has 4 aromatic carbocycles. The second-order valence-electron chi connectivity index (χ2n) is 10.5. The number of hydrogen-bond donors (Lipinski definition) is 0. The monoisotopic (exact) mass is 494 g/mol. The van der Waals surface area contributed by atoms with Crippen molar-refractivity contribution in [2.24, 2.45) is 5.92 Å². The van der Waals surface area contributed by atoms with E-state index in [0.717, 1.165) is 46.3 Å². The normalized spacial score (nSPS) is 19.9. The molecule has 2 aliphatic rings. The standard InChI is InChI=1S/C34H30N4/c1-23-22-24(2)34-37(27-18-10-5-11-19-27)32-33(38(34)29-21-13-12-20-28(23)29)36-31(26-16-8-4-9-17-26)30(35-32)25-14-6-3-7-15-25/h3-21,23-24,34H,22H2,1-2H3. The average Bonchev–Trinajstić information content (AvgIpc) is 3.27. The first-order chi connectivity index (χ1) is 18.7. The molecule has 0 fully saturated rings. The molecule has 0 N–H and O–H groups in total. The summed E-state index contributed by atoms with van der Waals surface area (Å²) in [4.78, 5) is 15.8. The summed E-state index contributed by atoms with van der Waals surface area (Å²) in [5, 5.41) is 0. The molecular weight excluding hydrogens is 464 g/mol. The third-order valence-electron chi connectivity index (χ3n) is 7.94. The zero-order valence-corrected chi connectivity index (χ0v) is 21.7. The maximum Gasteiger partial charge on any atom is 0.179 e. The molecule has 7 rings (SSSR count). The van der Waals surface area contributed by atoms with E-state index in [1.807, 2.05) is 12.1 Å². The maximum atomic E-state index is 5.48. The molecule has 0 aliphatic carbocycles. The first kappa shape index (κ1) is 22.7. The van der Waals surface area contributed by atoms with Gasteiger partial charge in [0.1, 0.15) is 6.17 Å². The summed E-state index contributed by atoms with van der Waals surface area (Å²) in [5.41, 5.74) is 7.70. The lowest BCUT2D eigenvalue weighted by Crippen LogP contribution is -2.43. The molecule has 4 nitrogen and oxygen atoms in total. The fourth-order valence-electron chi connectivity index (χ4n) is 6.26. The lowest BCUT2D eigenvalue weighted by atomic mass is 9.91. The van der Waals surface area contributed by atoms with Gasteiger partial charge >= 0.3 is 0 Å². The van der Waals surface area contributed by atoms with E-state index < -0.39 is 0 Å². The lowest BCUT2D eigenvalue weighted by molar-refractivity contribution is 0.420. The number of aromatic nitrogens is 2. The van der Waals surface area contributed by atoms with Gasteiger partial charge in [0.25, 0.3) is 0 Å². The number of benzene rings is 4. The summed E-state index contributed by atoms with van der Waals surface area (Å²) in [6.07, 6.45) is 1.17. The van der Waals surface area contributed by atoms with Gasteiger partial charge in [0.15, 0.2) is 11.6 Å². The smallest absolute Gasteiger partial charge is 0.179 e. The predicted octanol–water partition coefficient (Wildman–Crippen LogP) is 8.57. The molecule has 0 spiro atoms. The topological polar surface area (TPSA) is 32.3 Å². The van der Waals surface area contributed by atoms with Crippen molar-refractivity contribution in [3.63, 3.8) is 0 Å². The highest BCUT2D eigenvalue weighted by Crippen LogP contribution is 2.53. The van der Waals surface area contributed by atoms with Crippen LogP contribution in [0.25, 0.3) is 22.5 Å². The molecule has 4 heteroatoms. The second-order valence-corrected chi connectivity index (χ2v) is 10.5. The van der Waals surface area contributed by atoms with Crippen LogP contribution < -0.4 is 9.80 Å². The van der Waals surface area contributed by atoms with Gasteiger partial charge in [0.05, 0.1) is 11.4 Å². The fourth-order valence-corrected chi connectivity index (χ4v) is 6.26. The van der Waals surface area contributed by atoms with Crippen LogP contribution in [0.2, 0.25) is 0 Å². The molecule has 3 atom stereocenters. The van der Waals surface area contributed by atoms with Gasteiger partial charge < -0.3 is 9.80 Å². The Bertz CT molecular complexity index is 1580. The van der Waals surface area contributed by atoms with Gasteiger partial charge in [-0.15, -0.1) is 0 Å². The molecule has 2 aliphatic heterocycles. The summed E-state index contributed by atoms with van der Waals surface area (Å²) in [6.45, 7) is 4.73. The lowest BCUT2D eigenvalue weighted by Gasteiger charge is -2.35. The number of anilines is 4. The van der Waals surface area contributed by atoms with Crippen LogP contribution in [-0.2, 0) is 0 Å². The van der Waals surface area contributed by atoms with Crippen LogP contribution in [0.1, 0.15) is 31.7 Å². The molecule has 0 amide bonds. The minimum Gasteiger partial charge on any atom is -0.302 e. The Kier molecular flexibility index (Phi) is 5.47. The minimum atomic E-state index is 0.0770. The third-order valence-corrected chi connectivity index (χ3v) is 7.94. The molecule has 38 heavy (non-hydrogen) atoms. The quantitative estimate of drug-likeness (QED) is 0.251. The van der Waals surface area contributed by atoms with Crippen molar-refractivity contribution >= 4 is 23.0 Å². The van der Waals surface area contributed by atoms with E-state index in [4.69, 9.17) is 9.97 Å². The fraction of sp³-hybridized carbons (Fsp3) is 0.176. The van der Waals surface area contributed by atoms with Gasteiger partial charge in [-0.05, 0) is 42.0 Å². The Balaban J connectivity index is 1.55. The van der Waals surface area contributed by atoms with Gasteiger partial charge in [-0.3, -0.25) is 0 Å². The van der Waals surface area contributed by atoms with Crippen LogP contribution in [0.5, 0.6) is 0 Å². The van der Waals surface area contributed by atoms with E-state index in [-0.39, 0.29) is 6.17 Å². The first-order valence-electron chi connectivity index (χ1n) is 13.5. The molecule has 3 heterocycles. The van der Waals surface area contributed by atoms with Gasteiger partial charge in [-0.2, -0.15) is 0 Å².